The van der Waals surface area contributed by atoms with Crippen molar-refractivity contribution in [2.75, 3.05) is 6.61 Å². The molecular weight excluding hydrogens is 205 g/mol. The molecule has 0 spiro atoms. The van der Waals surface area contributed by atoms with E-state index in [0.29, 0.717) is 0 Å². The van der Waals surface area contributed by atoms with Gasteiger partial charge in [0.1, 0.15) is 8.25 Å². The molecule has 0 heterocycles. The van der Waals surface area contributed by atoms with E-state index < -0.39 is 16.5 Å². The van der Waals surface area contributed by atoms with Crippen molar-refractivity contribution < 1.29 is 57.9 Å². The van der Waals surface area contributed by atoms with E-state index in [1.165, 1.54) is 0 Å². The number of hydrogen-bond acceptors (Lipinski definition) is 5. The second-order valence-electron chi connectivity index (χ2n) is 0.934. The Morgan fingerprint density at radius 3 is 1.82 bits per heavy atom. The van der Waals surface area contributed by atoms with Crippen LogP contribution >= 0.6 is 16.5 Å². The molecule has 2 N–H and O–H groups in total. The zero-order valence-electron chi connectivity index (χ0n) is 6.23. The van der Waals surface area contributed by atoms with E-state index in [1.807, 2.05) is 0 Å². The normalized spacial score (nSPS) is 13.5. The first-order valence-corrected chi connectivity index (χ1v) is 4.76. The van der Waals surface area contributed by atoms with Gasteiger partial charge in [-0.3, -0.25) is 8.88 Å². The fourth-order valence-corrected chi connectivity index (χ4v) is 0.642. The SMILES string of the molecule is CCO.O=[PH]([O-])O[PH](=O)O.[Na+]. The van der Waals surface area contributed by atoms with Crippen LogP contribution in [-0.2, 0) is 13.4 Å². The van der Waals surface area contributed by atoms with E-state index >= 15 is 0 Å². The number of hydrogen-bond donors (Lipinski definition) is 2. The van der Waals surface area contributed by atoms with Gasteiger partial charge in [0.05, 0.1) is 0 Å². The van der Waals surface area contributed by atoms with E-state index in [-0.39, 0.29) is 36.2 Å². The molecule has 2 unspecified atom stereocenters. The van der Waals surface area contributed by atoms with Crippen LogP contribution in [0.5, 0.6) is 0 Å². The largest absolute Gasteiger partial charge is 1.00 e. The molecule has 0 bridgehead atoms. The molecule has 0 aliphatic carbocycles. The van der Waals surface area contributed by atoms with Crippen LogP contribution in [0.1, 0.15) is 6.92 Å². The molecule has 0 aliphatic heterocycles. The molecule has 0 rings (SSSR count). The van der Waals surface area contributed by atoms with Gasteiger partial charge >= 0.3 is 37.8 Å². The van der Waals surface area contributed by atoms with Gasteiger partial charge < -0.3 is 19.5 Å². The minimum absolute atomic E-state index is 0. The zero-order chi connectivity index (χ0) is 8.57. The Kier molecular flexibility index (Phi) is 22.9. The minimum atomic E-state index is -3.45. The zero-order valence-corrected chi connectivity index (χ0v) is 10.2. The quantitative estimate of drug-likeness (QED) is 0.360. The average Bonchev–Trinajstić information content (AvgIpc) is 1.62. The van der Waals surface area contributed by atoms with Crippen LogP contribution < -0.4 is 34.5 Å². The number of rotatable bonds is 2. The number of aliphatic hydroxyl groups is 1. The monoisotopic (exact) mass is 214 g/mol. The van der Waals surface area contributed by atoms with Gasteiger partial charge in [-0.25, -0.2) is 0 Å². The molecule has 0 aromatic heterocycles. The Bertz CT molecular complexity index is 105. The molecule has 0 aromatic carbocycles. The van der Waals surface area contributed by atoms with Crippen LogP contribution in [0.15, 0.2) is 0 Å². The third kappa shape index (κ3) is 34.8. The van der Waals surface area contributed by atoms with E-state index in [0.717, 1.165) is 0 Å². The second kappa shape index (κ2) is 13.9. The smallest absolute Gasteiger partial charge is 0.781 e. The van der Waals surface area contributed by atoms with Crippen molar-refractivity contribution in [3.8, 4) is 0 Å². The fourth-order valence-electron chi connectivity index (χ4n) is 0.0713. The third-order valence-electron chi connectivity index (χ3n) is 0.171. The Balaban J connectivity index is -0.000000140. The number of aliphatic hydroxyl groups excluding tert-OH is 1. The Morgan fingerprint density at radius 2 is 1.82 bits per heavy atom. The summed E-state index contributed by atoms with van der Waals surface area (Å²) < 4.78 is 22.1. The van der Waals surface area contributed by atoms with Gasteiger partial charge in [-0.1, -0.05) is 0 Å². The summed E-state index contributed by atoms with van der Waals surface area (Å²) in [5, 5.41) is 7.57. The van der Waals surface area contributed by atoms with E-state index in [2.05, 4.69) is 4.31 Å². The summed E-state index contributed by atoms with van der Waals surface area (Å²) in [6.07, 6.45) is 0. The summed E-state index contributed by atoms with van der Waals surface area (Å²) in [5.41, 5.74) is 0. The molecule has 0 radical (unpaired) electrons. The van der Waals surface area contributed by atoms with Gasteiger partial charge in [0.15, 0.2) is 0 Å². The van der Waals surface area contributed by atoms with Crippen LogP contribution in [-0.4, -0.2) is 16.6 Å². The van der Waals surface area contributed by atoms with Crippen molar-refractivity contribution in [3.05, 3.63) is 0 Å². The summed E-state index contributed by atoms with van der Waals surface area (Å²) in [5.74, 6) is 0. The van der Waals surface area contributed by atoms with E-state index in [1.54, 1.807) is 6.92 Å². The molecule has 0 aromatic rings. The maximum absolute atomic E-state index is 9.40. The maximum Gasteiger partial charge on any atom is 1.00 e. The molecule has 0 saturated carbocycles. The maximum atomic E-state index is 9.40. The Labute approximate surface area is 87.8 Å². The van der Waals surface area contributed by atoms with Gasteiger partial charge in [-0.15, -0.1) is 0 Å². The van der Waals surface area contributed by atoms with Crippen molar-refractivity contribution in [2.24, 2.45) is 0 Å². The topological polar surface area (TPSA) is 107 Å². The minimum Gasteiger partial charge on any atom is -0.781 e. The summed E-state index contributed by atoms with van der Waals surface area (Å²) in [4.78, 5) is 17.0. The van der Waals surface area contributed by atoms with Gasteiger partial charge in [-0.05, 0) is 6.92 Å². The molecule has 0 amide bonds. The summed E-state index contributed by atoms with van der Waals surface area (Å²) in [6, 6.07) is 0. The average molecular weight is 214 g/mol. The van der Waals surface area contributed by atoms with Gasteiger partial charge in [0.2, 0.25) is 0 Å². The Morgan fingerprint density at radius 1 is 1.55 bits per heavy atom. The molecule has 0 saturated heterocycles. The first-order chi connectivity index (χ1) is 4.54. The summed E-state index contributed by atoms with van der Waals surface area (Å²) >= 11 is 0. The molecule has 6 nitrogen and oxygen atoms in total. The molecule has 2 atom stereocenters. The van der Waals surface area contributed by atoms with Crippen molar-refractivity contribution in [1.29, 1.82) is 0 Å². The van der Waals surface area contributed by atoms with Crippen LogP contribution in [0, 0.1) is 0 Å². The predicted octanol–water partition coefficient (Wildman–Crippen LogP) is -3.86. The summed E-state index contributed by atoms with van der Waals surface area (Å²) in [6.45, 7) is 1.93. The van der Waals surface area contributed by atoms with Crippen molar-refractivity contribution in [2.45, 2.75) is 6.92 Å². The van der Waals surface area contributed by atoms with Crippen LogP contribution in [0.4, 0.5) is 0 Å². The standard InChI is InChI=1S/C2H6O.Na.H4O5P2/c1-2-3;;1-6(2)5-7(3)4/h3H,2H2,1H3;;6-7H,(H,1,2)(H,3,4)/q;+1;/p-1. The third-order valence-corrected chi connectivity index (χ3v) is 1.54. The van der Waals surface area contributed by atoms with E-state index in [9.17, 15) is 14.0 Å². The van der Waals surface area contributed by atoms with E-state index in [4.69, 9.17) is 10.00 Å². The van der Waals surface area contributed by atoms with Crippen LogP contribution in [0.2, 0.25) is 0 Å². The van der Waals surface area contributed by atoms with Crippen LogP contribution in [0.25, 0.3) is 0 Å². The predicted molar refractivity (Wildman–Crippen MR) is 34.1 cm³/mol. The fraction of sp³-hybridized carbons (Fsp3) is 1.00. The van der Waals surface area contributed by atoms with Crippen molar-refractivity contribution in [3.63, 3.8) is 0 Å². The molecule has 11 heavy (non-hydrogen) atoms. The second-order valence-corrected chi connectivity index (χ2v) is 2.78. The first-order valence-electron chi connectivity index (χ1n) is 2.27. The first kappa shape index (κ1) is 18.2. The summed E-state index contributed by atoms with van der Waals surface area (Å²) in [7, 11) is -6.72. The van der Waals surface area contributed by atoms with Crippen molar-refractivity contribution >= 4 is 16.5 Å². The molecule has 64 valence electrons. The molecule has 9 heteroatoms. The van der Waals surface area contributed by atoms with Crippen LogP contribution in [0.3, 0.4) is 0 Å². The molecule has 0 aliphatic rings. The Hall–Kier alpha value is 1.30. The van der Waals surface area contributed by atoms with Crippen molar-refractivity contribution in [1.82, 2.24) is 0 Å². The van der Waals surface area contributed by atoms with Gasteiger partial charge in [0.25, 0.3) is 0 Å². The van der Waals surface area contributed by atoms with Gasteiger partial charge in [0, 0.05) is 6.61 Å². The van der Waals surface area contributed by atoms with Gasteiger partial charge in [-0.2, -0.15) is 0 Å². The molecule has 0 fully saturated rings. The molecular formula is C2H9NaO6P2.